The molecule has 2 N–H and O–H groups in total. The molecule has 0 fully saturated rings. The minimum absolute atomic E-state index is 0.488. The van der Waals surface area contributed by atoms with Crippen LogP contribution in [-0.4, -0.2) is 39.0 Å². The maximum Gasteiger partial charge on any atom is 0.407 e. The average molecular weight is 222 g/mol. The molecule has 1 aromatic heterocycles. The normalized spacial score (nSPS) is 19.1. The number of carbonyl (C=O) groups is 1. The topological polar surface area (TPSA) is 70.4 Å². The van der Waals surface area contributed by atoms with Gasteiger partial charge in [0.05, 0.1) is 24.5 Å². The minimum atomic E-state index is -0.839. The van der Waals surface area contributed by atoms with Gasteiger partial charge < -0.3 is 15.3 Å². The number of nitrogens with zero attached hydrogens (tertiary/aromatic N) is 3. The highest BCUT2D eigenvalue weighted by molar-refractivity contribution is 5.65. The molecule has 86 valence electrons. The van der Waals surface area contributed by atoms with Crippen LogP contribution in [0.2, 0.25) is 0 Å². The van der Waals surface area contributed by atoms with Gasteiger partial charge in [0.15, 0.2) is 0 Å². The number of nitrogens with one attached hydrogen (secondary N) is 1. The molecule has 0 radical (unpaired) electrons. The molecule has 0 unspecified atom stereocenters. The number of hydrogen-bond donors (Lipinski definition) is 2. The summed E-state index contributed by atoms with van der Waals surface area (Å²) in [6.07, 6.45) is -0.101. The summed E-state index contributed by atoms with van der Waals surface area (Å²) in [6, 6.07) is 0. The second-order valence-corrected chi connectivity index (χ2v) is 4.23. The molecule has 0 bridgehead atoms. The number of hydrogen-bond acceptors (Lipinski definition) is 3. The van der Waals surface area contributed by atoms with Crippen LogP contribution in [-0.2, 0) is 26.1 Å². The van der Waals surface area contributed by atoms with E-state index < -0.39 is 6.09 Å². The first-order valence-electron chi connectivity index (χ1n) is 5.52. The fourth-order valence-electron chi connectivity index (χ4n) is 2.42. The van der Waals surface area contributed by atoms with Crippen molar-refractivity contribution >= 4 is 6.09 Å². The van der Waals surface area contributed by atoms with E-state index >= 15 is 0 Å². The van der Waals surface area contributed by atoms with Crippen molar-refractivity contribution < 1.29 is 9.90 Å². The smallest absolute Gasteiger partial charge is 0.407 e. The Kier molecular flexibility index (Phi) is 2.10. The van der Waals surface area contributed by atoms with Crippen LogP contribution >= 0.6 is 0 Å². The molecule has 1 aromatic rings. The molecular weight excluding hydrogens is 208 g/mol. The minimum Gasteiger partial charge on any atom is -0.465 e. The fraction of sp³-hybridized carbons (Fsp3) is 0.600. The Balaban J connectivity index is 1.96. The zero-order valence-corrected chi connectivity index (χ0v) is 8.94. The summed E-state index contributed by atoms with van der Waals surface area (Å²) in [5.74, 6) is 0. The Hall–Kier alpha value is -1.56. The first-order chi connectivity index (χ1) is 7.75. The molecule has 6 heteroatoms. The summed E-state index contributed by atoms with van der Waals surface area (Å²) in [7, 11) is 0. The van der Waals surface area contributed by atoms with E-state index in [0.29, 0.717) is 13.1 Å². The Labute approximate surface area is 92.8 Å². The van der Waals surface area contributed by atoms with Crippen molar-refractivity contribution in [3.63, 3.8) is 0 Å². The fourth-order valence-corrected chi connectivity index (χ4v) is 2.42. The number of rotatable bonds is 0. The molecule has 3 heterocycles. The quantitative estimate of drug-likeness (QED) is 0.649. The summed E-state index contributed by atoms with van der Waals surface area (Å²) in [6.45, 7) is 3.68. The van der Waals surface area contributed by atoms with Gasteiger partial charge in [-0.3, -0.25) is 4.68 Å². The molecule has 16 heavy (non-hydrogen) atoms. The summed E-state index contributed by atoms with van der Waals surface area (Å²) in [4.78, 5) is 12.4. The van der Waals surface area contributed by atoms with Crippen molar-refractivity contribution in [1.29, 1.82) is 0 Å². The highest BCUT2D eigenvalue weighted by Crippen LogP contribution is 2.23. The monoisotopic (exact) mass is 222 g/mol. The van der Waals surface area contributed by atoms with Crippen molar-refractivity contribution in [3.05, 3.63) is 17.0 Å². The SMILES string of the molecule is O=C(O)N1CCc2nn3c(c2C1)CNCC3. The van der Waals surface area contributed by atoms with Crippen LogP contribution in [0.25, 0.3) is 0 Å². The van der Waals surface area contributed by atoms with Gasteiger partial charge in [-0.1, -0.05) is 0 Å². The first-order valence-corrected chi connectivity index (χ1v) is 5.52. The zero-order chi connectivity index (χ0) is 11.1. The molecule has 3 rings (SSSR count). The molecule has 0 aliphatic carbocycles. The standard InChI is InChI=1S/C10H14N4O2/c15-10(16)13-3-1-8-7(6-13)9-5-11-2-4-14(9)12-8/h11H,1-6H2,(H,15,16). The molecule has 2 aliphatic rings. The molecule has 0 atom stereocenters. The van der Waals surface area contributed by atoms with Crippen molar-refractivity contribution in [2.45, 2.75) is 26.1 Å². The highest BCUT2D eigenvalue weighted by Gasteiger charge is 2.27. The summed E-state index contributed by atoms with van der Waals surface area (Å²) in [5.41, 5.74) is 3.35. The van der Waals surface area contributed by atoms with Crippen molar-refractivity contribution in [3.8, 4) is 0 Å². The average Bonchev–Trinajstić information content (AvgIpc) is 2.66. The van der Waals surface area contributed by atoms with E-state index in [1.165, 1.54) is 4.90 Å². The second-order valence-electron chi connectivity index (χ2n) is 4.23. The predicted octanol–water partition coefficient (Wildman–Crippen LogP) is 0.0224. The summed E-state index contributed by atoms with van der Waals surface area (Å²) < 4.78 is 2.02. The lowest BCUT2D eigenvalue weighted by Gasteiger charge is -2.24. The van der Waals surface area contributed by atoms with E-state index in [1.54, 1.807) is 0 Å². The van der Waals surface area contributed by atoms with Crippen LogP contribution in [0.1, 0.15) is 17.0 Å². The van der Waals surface area contributed by atoms with E-state index in [0.717, 1.165) is 43.0 Å². The lowest BCUT2D eigenvalue weighted by atomic mass is 10.1. The van der Waals surface area contributed by atoms with Gasteiger partial charge in [0.25, 0.3) is 0 Å². The number of carboxylic acid groups (broad SMARTS) is 1. The Morgan fingerprint density at radius 2 is 2.31 bits per heavy atom. The van der Waals surface area contributed by atoms with Gasteiger partial charge in [0, 0.05) is 31.6 Å². The van der Waals surface area contributed by atoms with Crippen molar-refractivity contribution in [2.75, 3.05) is 13.1 Å². The van der Waals surface area contributed by atoms with Gasteiger partial charge >= 0.3 is 6.09 Å². The maximum absolute atomic E-state index is 10.9. The number of aromatic nitrogens is 2. The van der Waals surface area contributed by atoms with E-state index in [2.05, 4.69) is 10.4 Å². The number of amides is 1. The van der Waals surface area contributed by atoms with Gasteiger partial charge in [-0.2, -0.15) is 5.10 Å². The largest absolute Gasteiger partial charge is 0.465 e. The van der Waals surface area contributed by atoms with E-state index in [9.17, 15) is 4.79 Å². The molecule has 2 aliphatic heterocycles. The Morgan fingerprint density at radius 3 is 3.12 bits per heavy atom. The predicted molar refractivity (Wildman–Crippen MR) is 56.1 cm³/mol. The molecule has 0 aromatic carbocycles. The lowest BCUT2D eigenvalue weighted by molar-refractivity contribution is 0.139. The second kappa shape index (κ2) is 3.48. The van der Waals surface area contributed by atoms with E-state index in [-0.39, 0.29) is 0 Å². The van der Waals surface area contributed by atoms with Gasteiger partial charge in [0.2, 0.25) is 0 Å². The lowest BCUT2D eigenvalue weighted by Crippen LogP contribution is -2.35. The molecular formula is C10H14N4O2. The van der Waals surface area contributed by atoms with Crippen LogP contribution in [0.5, 0.6) is 0 Å². The third-order valence-corrected chi connectivity index (χ3v) is 3.28. The van der Waals surface area contributed by atoms with Crippen LogP contribution in [0.4, 0.5) is 4.79 Å². The van der Waals surface area contributed by atoms with E-state index in [4.69, 9.17) is 5.11 Å². The number of fused-ring (bicyclic) bond motifs is 3. The van der Waals surface area contributed by atoms with Crippen LogP contribution < -0.4 is 5.32 Å². The molecule has 1 amide bonds. The van der Waals surface area contributed by atoms with E-state index in [1.807, 2.05) is 4.68 Å². The Morgan fingerprint density at radius 1 is 1.44 bits per heavy atom. The summed E-state index contributed by atoms with van der Waals surface area (Å²) in [5, 5.41) is 16.8. The molecule has 0 spiro atoms. The Bertz CT molecular complexity index is 440. The molecule has 6 nitrogen and oxygen atoms in total. The van der Waals surface area contributed by atoms with Gasteiger partial charge in [0.1, 0.15) is 0 Å². The third kappa shape index (κ3) is 1.37. The summed E-state index contributed by atoms with van der Waals surface area (Å²) >= 11 is 0. The molecule has 0 saturated carbocycles. The highest BCUT2D eigenvalue weighted by atomic mass is 16.4. The zero-order valence-electron chi connectivity index (χ0n) is 8.94. The maximum atomic E-state index is 10.9. The third-order valence-electron chi connectivity index (χ3n) is 3.28. The molecule has 0 saturated heterocycles. The van der Waals surface area contributed by atoms with Crippen molar-refractivity contribution in [2.24, 2.45) is 0 Å². The van der Waals surface area contributed by atoms with Crippen LogP contribution in [0.3, 0.4) is 0 Å². The van der Waals surface area contributed by atoms with Crippen LogP contribution in [0.15, 0.2) is 0 Å². The van der Waals surface area contributed by atoms with Crippen LogP contribution in [0, 0.1) is 0 Å². The van der Waals surface area contributed by atoms with Gasteiger partial charge in [-0.25, -0.2) is 4.79 Å². The van der Waals surface area contributed by atoms with Gasteiger partial charge in [-0.05, 0) is 0 Å². The van der Waals surface area contributed by atoms with Crippen molar-refractivity contribution in [1.82, 2.24) is 20.0 Å². The van der Waals surface area contributed by atoms with Gasteiger partial charge in [-0.15, -0.1) is 0 Å². The first kappa shape index (κ1) is 9.65.